The van der Waals surface area contributed by atoms with Gasteiger partial charge in [0.1, 0.15) is 238 Å². The lowest BCUT2D eigenvalue weighted by Crippen LogP contribution is -2.71. The van der Waals surface area contributed by atoms with Crippen LogP contribution >= 0.6 is 0 Å². The van der Waals surface area contributed by atoms with Gasteiger partial charge in [0, 0.05) is 41.5 Å². The Bertz CT molecular complexity index is 3550. The number of hydrogen-bond acceptors (Lipinski definition) is 50. The molecule has 31 N–H and O–H groups in total. The molecule has 56 heteroatoms. The number of nitrogens with one attached hydrogen (secondary N) is 6. The van der Waals surface area contributed by atoms with E-state index in [1.165, 1.54) is 6.92 Å². The van der Waals surface area contributed by atoms with Crippen molar-refractivity contribution in [2.75, 3.05) is 59.5 Å². The number of amides is 6. The Morgan fingerprint density at radius 1 is 0.219 bits per heavy atom. The Balaban J connectivity index is 0.993. The topological polar surface area (TPSA) is 856 Å². The largest absolute Gasteiger partial charge is 0.394 e. The van der Waals surface area contributed by atoms with Gasteiger partial charge < -0.3 is 250 Å². The van der Waals surface area contributed by atoms with E-state index in [2.05, 4.69) is 31.9 Å². The van der Waals surface area contributed by atoms with Crippen LogP contribution in [0.2, 0.25) is 0 Å². The highest BCUT2D eigenvalue weighted by Crippen LogP contribution is 2.41. The van der Waals surface area contributed by atoms with E-state index in [4.69, 9.17) is 90.0 Å². The van der Waals surface area contributed by atoms with Gasteiger partial charge in [-0.3, -0.25) is 28.8 Å². The lowest BCUT2D eigenvalue weighted by Gasteiger charge is -2.51. The zero-order valence-corrected chi connectivity index (χ0v) is 69.6. The van der Waals surface area contributed by atoms with E-state index < -0.39 is 402 Å². The third-order valence-electron chi connectivity index (χ3n) is 23.2. The van der Waals surface area contributed by atoms with Gasteiger partial charge in [-0.2, -0.15) is 0 Å². The maximum absolute atomic E-state index is 13.3. The Morgan fingerprint density at radius 3 is 0.852 bits per heavy atom. The monoisotopic (exact) mass is 1870 g/mol. The van der Waals surface area contributed by atoms with Crippen LogP contribution in [0.25, 0.3) is 0 Å². The highest BCUT2D eigenvalue weighted by Gasteiger charge is 2.62. The van der Waals surface area contributed by atoms with Crippen molar-refractivity contribution < 1.29 is 246 Å². The molecule has 56 nitrogen and oxygen atoms in total. The molecule has 10 rings (SSSR count). The first-order chi connectivity index (χ1) is 60.5. The molecule has 10 aliphatic rings. The molecule has 128 heavy (non-hydrogen) atoms. The summed E-state index contributed by atoms with van der Waals surface area (Å²) < 4.78 is 114. The Kier molecular flexibility index (Phi) is 37.8. The van der Waals surface area contributed by atoms with Crippen molar-refractivity contribution in [3.63, 3.8) is 0 Å². The number of aliphatic hydroxyl groups is 25. The van der Waals surface area contributed by atoms with Gasteiger partial charge in [-0.05, 0) is 6.92 Å². The fraction of sp³-hybridized carbons (Fsp3) is 0.917. The summed E-state index contributed by atoms with van der Waals surface area (Å²) in [6.07, 6.45) is -90.9. The zero-order chi connectivity index (χ0) is 94.4. The molecule has 10 heterocycles. The van der Waals surface area contributed by atoms with Gasteiger partial charge in [0.2, 0.25) is 35.4 Å². The minimum atomic E-state index is -2.64. The summed E-state index contributed by atoms with van der Waals surface area (Å²) in [6.45, 7) is -2.88. The van der Waals surface area contributed by atoms with Crippen LogP contribution < -0.4 is 31.9 Å². The van der Waals surface area contributed by atoms with E-state index in [-0.39, 0.29) is 0 Å². The first-order valence-corrected chi connectivity index (χ1v) is 41.0. The highest BCUT2D eigenvalue weighted by atomic mass is 16.8. The molecule has 0 saturated carbocycles. The standard InChI is InChI=1S/C72H120N6O50/c1-17-39(92)51(104)54(107)69(112-17)110-16-32-59(47(100)33(63(109)113-32)73-18(2)86)124-66-36(76-21(5)89)50(103)58(30(14-85)118-66)125-70-55(108)60(126-72-62(53(106)43(96)27(11-82)117-72)128-68-38(78-23(7)91)49(102)57(29(13-84)120-68)123-65-35(75-20(4)88)46(99)41(94)25(9-80)115-65)44(97)31(121-70)15-111-71-61(52(105)42(95)26(10-81)116-71)127-67-37(77-22(6)90)48(101)56(28(12-83)119-67)122-64-34(74-19(3)87)45(98)40(93)24(8-79)114-64/h17,24-72,79-85,92-109H,8-16H2,1-7H3,(H,73,86)(H,74,87)(H,75,88)(H,76,89)(H,77,90)(H,78,91)/t17-,24+,25+,26+,27+,28+,29+,30+,31+,32+,33+,34+,35+,36+,37+,38-,39+,40+,41+,42+,43+,44+,45+,46+,47+,48+,49+,50+,51+,52-,53-,54-,55-,56+,57+,58+,59+,60-,61-,62-,63+,64-,65-,66-,67-,68-,69+,70-,71-,72+/m0/s1. The molecular weight excluding hydrogens is 1750 g/mol. The summed E-state index contributed by atoms with van der Waals surface area (Å²) in [5.74, 6) is -5.41. The third-order valence-corrected chi connectivity index (χ3v) is 23.2. The lowest BCUT2D eigenvalue weighted by atomic mass is 9.93. The number of ether oxygens (including phenoxy) is 19. The van der Waals surface area contributed by atoms with Crippen LogP contribution in [0.1, 0.15) is 48.5 Å². The Labute approximate surface area is 726 Å². The van der Waals surface area contributed by atoms with E-state index in [0.717, 1.165) is 41.5 Å². The van der Waals surface area contributed by atoms with Crippen molar-refractivity contribution in [3.05, 3.63) is 0 Å². The van der Waals surface area contributed by atoms with Crippen LogP contribution in [0.4, 0.5) is 0 Å². The number of aliphatic hydroxyl groups excluding tert-OH is 25. The fourth-order valence-corrected chi connectivity index (χ4v) is 16.6. The second-order valence-corrected chi connectivity index (χ2v) is 32.5. The first kappa shape index (κ1) is 105. The van der Waals surface area contributed by atoms with Crippen molar-refractivity contribution in [1.29, 1.82) is 0 Å². The van der Waals surface area contributed by atoms with Gasteiger partial charge in [-0.1, -0.05) is 0 Å². The number of carbonyl (C=O) groups excluding carboxylic acids is 6. The van der Waals surface area contributed by atoms with Crippen molar-refractivity contribution in [2.24, 2.45) is 0 Å². The lowest BCUT2D eigenvalue weighted by molar-refractivity contribution is -0.398. The predicted molar refractivity (Wildman–Crippen MR) is 398 cm³/mol. The summed E-state index contributed by atoms with van der Waals surface area (Å²) in [5.41, 5.74) is 0. The molecule has 0 aromatic carbocycles. The Morgan fingerprint density at radius 2 is 0.484 bits per heavy atom. The van der Waals surface area contributed by atoms with Crippen molar-refractivity contribution in [1.82, 2.24) is 31.9 Å². The maximum Gasteiger partial charge on any atom is 0.217 e. The second-order valence-electron chi connectivity index (χ2n) is 32.5. The fourth-order valence-electron chi connectivity index (χ4n) is 16.6. The molecule has 10 fully saturated rings. The minimum Gasteiger partial charge on any atom is -0.394 e. The predicted octanol–water partition coefficient (Wildman–Crippen LogP) is -20.9. The summed E-state index contributed by atoms with van der Waals surface area (Å²) in [5, 5.41) is 297. The molecule has 0 unspecified atom stereocenters. The SMILES string of the molecule is CC(=O)N[C@@H]1[C@H](O[C@@H]2[C@@H](O[C@@H]3[C@H](O)[C@H](O[C@H]4[C@H](O)[C@@H](NC(C)=O)[C@H](O[C@H]5[C@H](O)[C@@H](NC(C)=O)[C@H](O)O[C@@H]5CO[C@@H]5O[C@@H](C)[C@@H](O)[C@@H](O)[C@@H]5O)O[C@@H]4CO)O[C@H](CO[C@H]4O[C@H](CO)[C@@H](O)[C@H](O)[C@@H]4O[C@@H]4O[C@H](CO)[C@@H](O[C@@H]5O[C@H](CO)[C@@H](O)[C@H](O)[C@H]5NC(C)=O)[C@H](O)[C@H]4NC(C)=O)[C@H]3O)O[C@H](CO)[C@@H](O)[C@@H]2O)O[C@H](CO)[C@@H](O[C@@H]2O[C@H](CO)[C@@H](O)[C@H](O)[C@H]2NC(C)=O)[C@@H]1O. The minimum absolute atomic E-state index is 0.812. The van der Waals surface area contributed by atoms with Crippen molar-refractivity contribution in [3.8, 4) is 0 Å². The first-order valence-electron chi connectivity index (χ1n) is 41.0. The number of hydrogen-bond donors (Lipinski definition) is 31. The van der Waals surface area contributed by atoms with E-state index in [1.54, 1.807) is 0 Å². The van der Waals surface area contributed by atoms with Gasteiger partial charge in [0.05, 0.1) is 65.6 Å². The van der Waals surface area contributed by atoms with Crippen molar-refractivity contribution >= 4 is 35.4 Å². The maximum atomic E-state index is 13.3. The molecule has 738 valence electrons. The number of rotatable bonds is 33. The van der Waals surface area contributed by atoms with Gasteiger partial charge in [-0.25, -0.2) is 0 Å². The smallest absolute Gasteiger partial charge is 0.217 e. The summed E-state index contributed by atoms with van der Waals surface area (Å²) >= 11 is 0. The second kappa shape index (κ2) is 46.1. The highest BCUT2D eigenvalue weighted by molar-refractivity contribution is 5.75. The molecule has 0 spiro atoms. The molecule has 10 aliphatic heterocycles. The van der Waals surface area contributed by atoms with E-state index in [0.29, 0.717) is 0 Å². The molecular formula is C72H120N6O50. The molecule has 0 bridgehead atoms. The van der Waals surface area contributed by atoms with Crippen LogP contribution in [-0.4, -0.2) is 529 Å². The number of carbonyl (C=O) groups is 6. The van der Waals surface area contributed by atoms with Crippen LogP contribution in [-0.2, 0) is 119 Å². The summed E-state index contributed by atoms with van der Waals surface area (Å²) in [6, 6.07) is -11.1. The molecule has 6 amide bonds. The van der Waals surface area contributed by atoms with E-state index in [1.807, 2.05) is 0 Å². The van der Waals surface area contributed by atoms with Crippen LogP contribution in [0.15, 0.2) is 0 Å². The average Bonchev–Trinajstić information content (AvgIpc) is 0.764. The third kappa shape index (κ3) is 23.8. The molecule has 50 atom stereocenters. The summed E-state index contributed by atoms with van der Waals surface area (Å²) in [7, 11) is 0. The van der Waals surface area contributed by atoms with E-state index >= 15 is 0 Å². The zero-order valence-electron chi connectivity index (χ0n) is 69.6. The Hall–Kier alpha value is -4.94. The van der Waals surface area contributed by atoms with Gasteiger partial charge >= 0.3 is 0 Å². The molecule has 10 saturated heterocycles. The average molecular weight is 1870 g/mol. The van der Waals surface area contributed by atoms with Crippen LogP contribution in [0.5, 0.6) is 0 Å². The van der Waals surface area contributed by atoms with Crippen molar-refractivity contribution in [2.45, 2.75) is 355 Å². The van der Waals surface area contributed by atoms with Crippen LogP contribution in [0.3, 0.4) is 0 Å². The van der Waals surface area contributed by atoms with Gasteiger partial charge in [0.15, 0.2) is 62.9 Å². The quantitative estimate of drug-likeness (QED) is 0.0290. The summed E-state index contributed by atoms with van der Waals surface area (Å²) in [4.78, 5) is 76.8. The molecule has 0 aromatic heterocycles. The van der Waals surface area contributed by atoms with E-state index in [9.17, 15) is 156 Å². The molecule has 0 aromatic rings. The normalized spacial score (nSPS) is 47.8. The van der Waals surface area contributed by atoms with Gasteiger partial charge in [0.25, 0.3) is 0 Å². The van der Waals surface area contributed by atoms with Crippen LogP contribution in [0, 0.1) is 0 Å². The molecule has 0 radical (unpaired) electrons. The van der Waals surface area contributed by atoms with Gasteiger partial charge in [-0.15, -0.1) is 0 Å². The molecule has 0 aliphatic carbocycles.